The molecular formula is C17H27NO2. The number of carbonyl (C=O) groups excluding carboxylic acids is 1. The second-order valence-electron chi connectivity index (χ2n) is 5.65. The van der Waals surface area contributed by atoms with Gasteiger partial charge < -0.3 is 4.74 Å². The molecule has 0 heterocycles. The van der Waals surface area contributed by atoms with E-state index >= 15 is 0 Å². The quantitative estimate of drug-likeness (QED) is 0.533. The van der Waals surface area contributed by atoms with Crippen molar-refractivity contribution in [2.75, 3.05) is 6.61 Å². The Kier molecular flexibility index (Phi) is 10.2. The van der Waals surface area contributed by atoms with Crippen molar-refractivity contribution in [3.05, 3.63) is 6.42 Å². The molecule has 3 nitrogen and oxygen atoms in total. The predicted molar refractivity (Wildman–Crippen MR) is 79.6 cm³/mol. The first-order valence-electron chi connectivity index (χ1n) is 8.07. The van der Waals surface area contributed by atoms with Gasteiger partial charge in [0.15, 0.2) is 0 Å². The van der Waals surface area contributed by atoms with Crippen LogP contribution in [-0.2, 0) is 9.53 Å². The Morgan fingerprint density at radius 1 is 1.10 bits per heavy atom. The van der Waals surface area contributed by atoms with Crippen molar-refractivity contribution in [2.24, 2.45) is 5.92 Å². The van der Waals surface area contributed by atoms with Gasteiger partial charge in [0, 0.05) is 6.61 Å². The molecule has 1 aliphatic rings. The number of unbranched alkanes of at least 4 members (excludes halogenated alkanes) is 5. The van der Waals surface area contributed by atoms with Crippen LogP contribution < -0.4 is 0 Å². The number of nitriles is 1. The largest absolute Gasteiger partial charge is 0.378 e. The van der Waals surface area contributed by atoms with Gasteiger partial charge in [-0.25, -0.2) is 0 Å². The molecule has 1 rings (SSSR count). The monoisotopic (exact) mass is 277 g/mol. The minimum absolute atomic E-state index is 0.502. The summed E-state index contributed by atoms with van der Waals surface area (Å²) >= 11 is 0. The summed E-state index contributed by atoms with van der Waals surface area (Å²) in [5.41, 5.74) is 0. The number of hydrogen-bond acceptors (Lipinski definition) is 3. The fourth-order valence-electron chi connectivity index (χ4n) is 2.62. The summed E-state index contributed by atoms with van der Waals surface area (Å²) in [7, 11) is 0. The molecule has 0 aromatic rings. The van der Waals surface area contributed by atoms with Gasteiger partial charge >= 0.3 is 0 Å². The van der Waals surface area contributed by atoms with E-state index in [0.29, 0.717) is 12.5 Å². The molecule has 0 aromatic carbocycles. The Balaban J connectivity index is 1.80. The van der Waals surface area contributed by atoms with E-state index < -0.39 is 5.92 Å². The van der Waals surface area contributed by atoms with Crippen molar-refractivity contribution >= 4 is 6.29 Å². The van der Waals surface area contributed by atoms with Crippen LogP contribution in [-0.4, -0.2) is 19.0 Å². The molecule has 0 spiro atoms. The van der Waals surface area contributed by atoms with E-state index in [-0.39, 0.29) is 0 Å². The highest BCUT2D eigenvalue weighted by Gasteiger charge is 2.13. The summed E-state index contributed by atoms with van der Waals surface area (Å²) in [6, 6.07) is 1.96. The first kappa shape index (κ1) is 17.2. The molecule has 0 saturated heterocycles. The van der Waals surface area contributed by atoms with Gasteiger partial charge in [-0.3, -0.25) is 4.79 Å². The van der Waals surface area contributed by atoms with Gasteiger partial charge in [-0.1, -0.05) is 32.1 Å². The number of nitrogens with zero attached hydrogens (tertiary/aromatic N) is 1. The van der Waals surface area contributed by atoms with Gasteiger partial charge in [0.2, 0.25) is 6.29 Å². The van der Waals surface area contributed by atoms with E-state index in [0.717, 1.165) is 25.9 Å². The molecule has 2 radical (unpaired) electrons. The van der Waals surface area contributed by atoms with Crippen molar-refractivity contribution < 1.29 is 9.53 Å². The summed E-state index contributed by atoms with van der Waals surface area (Å²) < 4.78 is 5.87. The van der Waals surface area contributed by atoms with E-state index in [9.17, 15) is 4.79 Å². The molecule has 20 heavy (non-hydrogen) atoms. The van der Waals surface area contributed by atoms with Gasteiger partial charge in [-0.2, -0.15) is 5.26 Å². The molecule has 0 N–H and O–H groups in total. The van der Waals surface area contributed by atoms with Gasteiger partial charge in [-0.15, -0.1) is 0 Å². The van der Waals surface area contributed by atoms with Crippen LogP contribution in [0.15, 0.2) is 0 Å². The zero-order valence-electron chi connectivity index (χ0n) is 12.5. The van der Waals surface area contributed by atoms with Gasteiger partial charge in [0.1, 0.15) is 5.92 Å². The topological polar surface area (TPSA) is 50.1 Å². The van der Waals surface area contributed by atoms with Crippen molar-refractivity contribution in [2.45, 2.75) is 76.7 Å². The standard InChI is InChI=1S/C17H27NO2/c18-14-16(15-19)10-6-3-1-2-4-9-13-20-17-11-7-5-8-12-17/h5,16-17H,1-4,6-13H2. The lowest BCUT2D eigenvalue weighted by Crippen LogP contribution is -2.17. The second kappa shape index (κ2) is 11.9. The van der Waals surface area contributed by atoms with Crippen molar-refractivity contribution in [1.82, 2.24) is 0 Å². The van der Waals surface area contributed by atoms with Crippen LogP contribution in [0.25, 0.3) is 0 Å². The lowest BCUT2D eigenvalue weighted by atomic mass is 9.98. The van der Waals surface area contributed by atoms with E-state index in [1.54, 1.807) is 6.29 Å². The molecule has 1 fully saturated rings. The maximum atomic E-state index is 10.3. The van der Waals surface area contributed by atoms with Crippen molar-refractivity contribution in [3.63, 3.8) is 0 Å². The Hall–Kier alpha value is -0.880. The fraction of sp³-hybridized carbons (Fsp3) is 0.824. The Bertz CT molecular complexity index is 279. The molecule has 112 valence electrons. The average Bonchev–Trinajstić information content (AvgIpc) is 2.50. The lowest BCUT2D eigenvalue weighted by molar-refractivity contribution is 0.0326. The first-order valence-corrected chi connectivity index (χ1v) is 8.07. The summed E-state index contributed by atoms with van der Waals surface area (Å²) in [5.74, 6) is -0.517. The SMILES string of the molecule is N#CC([C]=O)CCCCCCCCOC1CC[CH]CC1. The van der Waals surface area contributed by atoms with Gasteiger partial charge in [-0.05, 0) is 44.9 Å². The maximum absolute atomic E-state index is 10.3. The Morgan fingerprint density at radius 3 is 2.40 bits per heavy atom. The predicted octanol–water partition coefficient (Wildman–Crippen LogP) is 4.13. The molecule has 1 aliphatic carbocycles. The van der Waals surface area contributed by atoms with E-state index in [4.69, 9.17) is 10.00 Å². The zero-order valence-corrected chi connectivity index (χ0v) is 12.5. The Morgan fingerprint density at radius 2 is 1.75 bits per heavy atom. The third-order valence-corrected chi connectivity index (χ3v) is 3.92. The normalized spacial score (nSPS) is 17.6. The molecule has 1 saturated carbocycles. The summed E-state index contributed by atoms with van der Waals surface area (Å²) in [6.07, 6.45) is 17.0. The highest BCUT2D eigenvalue weighted by Crippen LogP contribution is 2.20. The Labute approximate surface area is 123 Å². The summed E-state index contributed by atoms with van der Waals surface area (Å²) in [4.78, 5) is 10.3. The van der Waals surface area contributed by atoms with Crippen LogP contribution in [0.1, 0.15) is 70.6 Å². The zero-order chi connectivity index (χ0) is 14.5. The van der Waals surface area contributed by atoms with Crippen LogP contribution in [0.3, 0.4) is 0 Å². The number of ether oxygens (including phenoxy) is 1. The van der Waals surface area contributed by atoms with E-state index in [2.05, 4.69) is 6.42 Å². The molecule has 0 aliphatic heterocycles. The smallest absolute Gasteiger partial charge is 0.216 e. The van der Waals surface area contributed by atoms with Crippen molar-refractivity contribution in [1.29, 1.82) is 5.26 Å². The second-order valence-corrected chi connectivity index (χ2v) is 5.65. The highest BCUT2D eigenvalue weighted by molar-refractivity contribution is 5.58. The number of hydrogen-bond donors (Lipinski definition) is 0. The van der Waals surface area contributed by atoms with Crippen LogP contribution >= 0.6 is 0 Å². The third kappa shape index (κ3) is 8.32. The molecule has 0 bridgehead atoms. The molecule has 1 unspecified atom stereocenters. The van der Waals surface area contributed by atoms with Crippen LogP contribution in [0, 0.1) is 23.7 Å². The van der Waals surface area contributed by atoms with Crippen LogP contribution in [0.5, 0.6) is 0 Å². The minimum Gasteiger partial charge on any atom is -0.378 e. The van der Waals surface area contributed by atoms with Gasteiger partial charge in [0.05, 0.1) is 12.2 Å². The minimum atomic E-state index is -0.517. The lowest BCUT2D eigenvalue weighted by Gasteiger charge is -2.21. The van der Waals surface area contributed by atoms with Crippen LogP contribution in [0.2, 0.25) is 0 Å². The van der Waals surface area contributed by atoms with Crippen LogP contribution in [0.4, 0.5) is 0 Å². The molecule has 0 amide bonds. The maximum Gasteiger partial charge on any atom is 0.216 e. The fourth-order valence-corrected chi connectivity index (χ4v) is 2.62. The molecular weight excluding hydrogens is 250 g/mol. The van der Waals surface area contributed by atoms with Crippen molar-refractivity contribution in [3.8, 4) is 6.07 Å². The molecule has 3 heteroatoms. The summed E-state index contributed by atoms with van der Waals surface area (Å²) in [6.45, 7) is 0.904. The summed E-state index contributed by atoms with van der Waals surface area (Å²) in [5, 5.41) is 8.60. The van der Waals surface area contributed by atoms with Gasteiger partial charge in [0.25, 0.3) is 0 Å². The number of rotatable bonds is 11. The first-order chi connectivity index (χ1) is 9.86. The average molecular weight is 277 g/mol. The third-order valence-electron chi connectivity index (χ3n) is 3.92. The van der Waals surface area contributed by atoms with E-state index in [1.807, 2.05) is 6.07 Å². The molecule has 0 aromatic heterocycles. The highest BCUT2D eigenvalue weighted by atomic mass is 16.5. The van der Waals surface area contributed by atoms with E-state index in [1.165, 1.54) is 44.9 Å². The molecule has 1 atom stereocenters.